The minimum Gasteiger partial charge on any atom is -0.496 e. The second kappa shape index (κ2) is 7.39. The fraction of sp³-hybridized carbons (Fsp3) is 0.600. The molecule has 102 valence electrons. The quantitative estimate of drug-likeness (QED) is 0.756. The maximum Gasteiger partial charge on any atom is 0.126 e. The van der Waals surface area contributed by atoms with Gasteiger partial charge >= 0.3 is 0 Å². The molecule has 1 aromatic carbocycles. The average molecular weight is 251 g/mol. The fourth-order valence-electron chi connectivity index (χ4n) is 2.03. The predicted octanol–water partition coefficient (Wildman–Crippen LogP) is 3.00. The van der Waals surface area contributed by atoms with Crippen LogP contribution in [0.5, 0.6) is 5.75 Å². The zero-order chi connectivity index (χ0) is 13.5. The molecule has 0 aliphatic heterocycles. The van der Waals surface area contributed by atoms with Gasteiger partial charge in [0.25, 0.3) is 0 Å². The van der Waals surface area contributed by atoms with E-state index in [4.69, 9.17) is 9.47 Å². The summed E-state index contributed by atoms with van der Waals surface area (Å²) in [5, 5.41) is 3.29. The molecule has 1 N–H and O–H groups in total. The van der Waals surface area contributed by atoms with Crippen LogP contribution in [0.3, 0.4) is 0 Å². The molecule has 0 heterocycles. The van der Waals surface area contributed by atoms with Crippen molar-refractivity contribution in [3.05, 3.63) is 28.8 Å². The second-order valence-electron chi connectivity index (χ2n) is 4.55. The van der Waals surface area contributed by atoms with E-state index in [-0.39, 0.29) is 6.04 Å². The van der Waals surface area contributed by atoms with Crippen molar-refractivity contribution in [3.8, 4) is 5.75 Å². The van der Waals surface area contributed by atoms with Crippen molar-refractivity contribution >= 4 is 0 Å². The molecule has 0 spiro atoms. The lowest BCUT2D eigenvalue weighted by Gasteiger charge is -2.21. The molecule has 0 bridgehead atoms. The molecular weight excluding hydrogens is 226 g/mol. The maximum atomic E-state index is 5.64. The van der Waals surface area contributed by atoms with Gasteiger partial charge < -0.3 is 14.8 Å². The van der Waals surface area contributed by atoms with E-state index in [0.29, 0.717) is 6.61 Å². The summed E-state index contributed by atoms with van der Waals surface area (Å²) < 4.78 is 11.2. The Kier molecular flexibility index (Phi) is 6.16. The van der Waals surface area contributed by atoms with Gasteiger partial charge in [-0.2, -0.15) is 0 Å². The van der Waals surface area contributed by atoms with Crippen LogP contribution in [0.4, 0.5) is 0 Å². The standard InChI is InChI=1S/C15H25NO2/c1-6-9-18-10-14(16-4)13-8-7-11(2)12(3)15(13)17-5/h7-8,14,16H,6,9-10H2,1-5H3. The van der Waals surface area contributed by atoms with Gasteiger partial charge in [-0.15, -0.1) is 0 Å². The number of hydrogen-bond acceptors (Lipinski definition) is 3. The minimum atomic E-state index is 0.172. The predicted molar refractivity (Wildman–Crippen MR) is 75.4 cm³/mol. The smallest absolute Gasteiger partial charge is 0.126 e. The molecule has 0 saturated heterocycles. The van der Waals surface area contributed by atoms with Gasteiger partial charge in [-0.05, 0) is 38.4 Å². The normalized spacial score (nSPS) is 12.5. The number of rotatable bonds is 7. The minimum absolute atomic E-state index is 0.172. The number of nitrogens with one attached hydrogen (secondary N) is 1. The third-order valence-electron chi connectivity index (χ3n) is 3.27. The molecule has 0 aliphatic rings. The highest BCUT2D eigenvalue weighted by Gasteiger charge is 2.17. The van der Waals surface area contributed by atoms with E-state index >= 15 is 0 Å². The number of benzene rings is 1. The van der Waals surface area contributed by atoms with Crippen LogP contribution in [-0.4, -0.2) is 27.4 Å². The Morgan fingerprint density at radius 2 is 2.00 bits per heavy atom. The SMILES string of the molecule is CCCOCC(NC)c1ccc(C)c(C)c1OC. The van der Waals surface area contributed by atoms with Crippen LogP contribution in [0.15, 0.2) is 12.1 Å². The van der Waals surface area contributed by atoms with Crippen LogP contribution >= 0.6 is 0 Å². The van der Waals surface area contributed by atoms with Crippen molar-refractivity contribution in [2.75, 3.05) is 27.4 Å². The van der Waals surface area contributed by atoms with Crippen LogP contribution in [-0.2, 0) is 4.74 Å². The zero-order valence-electron chi connectivity index (χ0n) is 12.2. The highest BCUT2D eigenvalue weighted by Crippen LogP contribution is 2.30. The highest BCUT2D eigenvalue weighted by atomic mass is 16.5. The van der Waals surface area contributed by atoms with Crippen LogP contribution in [0.2, 0.25) is 0 Å². The van der Waals surface area contributed by atoms with Crippen molar-refractivity contribution in [1.29, 1.82) is 0 Å². The molecule has 0 saturated carbocycles. The summed E-state index contributed by atoms with van der Waals surface area (Å²) in [5.74, 6) is 0.967. The van der Waals surface area contributed by atoms with Gasteiger partial charge in [0.05, 0.1) is 19.8 Å². The third kappa shape index (κ3) is 3.47. The van der Waals surface area contributed by atoms with E-state index in [2.05, 4.69) is 38.2 Å². The number of ether oxygens (including phenoxy) is 2. The summed E-state index contributed by atoms with van der Waals surface area (Å²) in [4.78, 5) is 0. The second-order valence-corrected chi connectivity index (χ2v) is 4.55. The van der Waals surface area contributed by atoms with Gasteiger partial charge in [-0.25, -0.2) is 0 Å². The van der Waals surface area contributed by atoms with E-state index in [1.165, 1.54) is 16.7 Å². The molecule has 3 heteroatoms. The van der Waals surface area contributed by atoms with E-state index in [1.807, 2.05) is 7.05 Å². The van der Waals surface area contributed by atoms with E-state index in [1.54, 1.807) is 7.11 Å². The molecule has 0 amide bonds. The summed E-state index contributed by atoms with van der Waals surface area (Å²) in [6, 6.07) is 4.43. The molecular formula is C15H25NO2. The number of likely N-dealkylation sites (N-methyl/N-ethyl adjacent to an activating group) is 1. The van der Waals surface area contributed by atoms with Gasteiger partial charge in [0.1, 0.15) is 5.75 Å². The summed E-state index contributed by atoms with van der Waals surface area (Å²) in [7, 11) is 3.68. The first kappa shape index (κ1) is 15.0. The van der Waals surface area contributed by atoms with Gasteiger partial charge in [0, 0.05) is 12.2 Å². The third-order valence-corrected chi connectivity index (χ3v) is 3.27. The van der Waals surface area contributed by atoms with E-state index in [9.17, 15) is 0 Å². The van der Waals surface area contributed by atoms with Gasteiger partial charge in [0.15, 0.2) is 0 Å². The van der Waals surface area contributed by atoms with Crippen LogP contribution in [0.1, 0.15) is 36.1 Å². The Balaban J connectivity index is 2.94. The van der Waals surface area contributed by atoms with Gasteiger partial charge in [0.2, 0.25) is 0 Å². The molecule has 1 rings (SSSR count). The monoisotopic (exact) mass is 251 g/mol. The van der Waals surface area contributed by atoms with Gasteiger partial charge in [-0.3, -0.25) is 0 Å². The highest BCUT2D eigenvalue weighted by molar-refractivity contribution is 5.46. The molecule has 0 radical (unpaired) electrons. The molecule has 1 atom stereocenters. The molecule has 1 unspecified atom stereocenters. The largest absolute Gasteiger partial charge is 0.496 e. The van der Waals surface area contributed by atoms with Crippen molar-refractivity contribution in [3.63, 3.8) is 0 Å². The summed E-state index contributed by atoms with van der Waals surface area (Å²) in [6.07, 6.45) is 1.04. The lowest BCUT2D eigenvalue weighted by atomic mass is 9.99. The topological polar surface area (TPSA) is 30.5 Å². The Morgan fingerprint density at radius 1 is 1.28 bits per heavy atom. The zero-order valence-corrected chi connectivity index (χ0v) is 12.2. The maximum absolute atomic E-state index is 5.64. The first-order chi connectivity index (χ1) is 8.65. The lowest BCUT2D eigenvalue weighted by Crippen LogP contribution is -2.23. The molecule has 3 nitrogen and oxygen atoms in total. The van der Waals surface area contributed by atoms with E-state index in [0.717, 1.165) is 18.8 Å². The summed E-state index contributed by atoms with van der Waals surface area (Å²) >= 11 is 0. The van der Waals surface area contributed by atoms with Crippen LogP contribution < -0.4 is 10.1 Å². The number of aryl methyl sites for hydroxylation is 1. The summed E-state index contributed by atoms with van der Waals surface area (Å²) in [5.41, 5.74) is 3.62. The Morgan fingerprint density at radius 3 is 2.56 bits per heavy atom. The van der Waals surface area contributed by atoms with Crippen LogP contribution in [0, 0.1) is 13.8 Å². The Bertz CT molecular complexity index is 377. The molecule has 18 heavy (non-hydrogen) atoms. The van der Waals surface area contributed by atoms with Crippen molar-refractivity contribution in [1.82, 2.24) is 5.32 Å². The summed E-state index contributed by atoms with van der Waals surface area (Å²) in [6.45, 7) is 7.78. The fourth-order valence-corrected chi connectivity index (χ4v) is 2.03. The first-order valence-electron chi connectivity index (χ1n) is 6.54. The Hall–Kier alpha value is -1.06. The number of hydrogen-bond donors (Lipinski definition) is 1. The number of methoxy groups -OCH3 is 1. The molecule has 1 aromatic rings. The lowest BCUT2D eigenvalue weighted by molar-refractivity contribution is 0.113. The van der Waals surface area contributed by atoms with Crippen LogP contribution in [0.25, 0.3) is 0 Å². The Labute approximate surface area is 110 Å². The van der Waals surface area contributed by atoms with Crippen molar-refractivity contribution in [2.45, 2.75) is 33.2 Å². The van der Waals surface area contributed by atoms with E-state index < -0.39 is 0 Å². The average Bonchev–Trinajstić information content (AvgIpc) is 2.38. The van der Waals surface area contributed by atoms with Gasteiger partial charge in [-0.1, -0.05) is 19.1 Å². The van der Waals surface area contributed by atoms with Crippen molar-refractivity contribution in [2.24, 2.45) is 0 Å². The molecule has 0 aliphatic carbocycles. The van der Waals surface area contributed by atoms with Crippen molar-refractivity contribution < 1.29 is 9.47 Å². The molecule has 0 aromatic heterocycles. The first-order valence-corrected chi connectivity index (χ1v) is 6.54. The molecule has 0 fully saturated rings.